The predicted molar refractivity (Wildman–Crippen MR) is 84.0 cm³/mol. The van der Waals surface area contributed by atoms with Crippen molar-refractivity contribution in [2.75, 3.05) is 6.61 Å². The van der Waals surface area contributed by atoms with Crippen LogP contribution < -0.4 is 9.88 Å². The predicted octanol–water partition coefficient (Wildman–Crippen LogP) is 3.26. The van der Waals surface area contributed by atoms with E-state index >= 15 is 0 Å². The van der Waals surface area contributed by atoms with Gasteiger partial charge in [0.2, 0.25) is 0 Å². The van der Waals surface area contributed by atoms with Gasteiger partial charge < -0.3 is 4.74 Å². The van der Waals surface area contributed by atoms with E-state index < -0.39 is 0 Å². The van der Waals surface area contributed by atoms with Gasteiger partial charge in [0.15, 0.2) is 5.75 Å². The highest BCUT2D eigenvalue weighted by atomic mass is 32.2. The van der Waals surface area contributed by atoms with Gasteiger partial charge in [-0.15, -0.1) is 0 Å². The van der Waals surface area contributed by atoms with E-state index in [2.05, 4.69) is 48.1 Å². The third-order valence-electron chi connectivity index (χ3n) is 4.39. The number of aromatic nitrogens is 2. The molecule has 0 unspecified atom stereocenters. The molecule has 21 heavy (non-hydrogen) atoms. The maximum atomic E-state index is 5.81. The molecule has 1 saturated carbocycles. The summed E-state index contributed by atoms with van der Waals surface area (Å²) in [5, 5.41) is 5.57. The van der Waals surface area contributed by atoms with Crippen LogP contribution in [0.1, 0.15) is 25.3 Å². The van der Waals surface area contributed by atoms with Crippen LogP contribution in [0.25, 0.3) is 0 Å². The molecule has 0 spiro atoms. The molecule has 0 aliphatic heterocycles. The monoisotopic (exact) mass is 301 g/mol. The summed E-state index contributed by atoms with van der Waals surface area (Å²) in [6.45, 7) is 5.27. The van der Waals surface area contributed by atoms with E-state index in [-0.39, 0.29) is 5.41 Å². The van der Waals surface area contributed by atoms with Crippen molar-refractivity contribution in [1.29, 1.82) is 0 Å². The summed E-state index contributed by atoms with van der Waals surface area (Å²) in [5.74, 6) is 1.77. The van der Waals surface area contributed by atoms with Crippen LogP contribution in [-0.4, -0.2) is 16.6 Å². The lowest BCUT2D eigenvalue weighted by molar-refractivity contribution is 0.277. The van der Waals surface area contributed by atoms with Crippen LogP contribution in [0.4, 0.5) is 0 Å². The Morgan fingerprint density at radius 1 is 1.19 bits per heavy atom. The lowest BCUT2D eigenvalue weighted by Crippen LogP contribution is -2.04. The number of rotatable bonds is 5. The van der Waals surface area contributed by atoms with E-state index in [0.29, 0.717) is 18.4 Å². The fraction of sp³-hybridized carbons (Fsp3) is 0.375. The number of hydrogen-bond acceptors (Lipinski definition) is 5. The zero-order valence-corrected chi connectivity index (χ0v) is 13.0. The molecular formula is C16H19N3OS. The summed E-state index contributed by atoms with van der Waals surface area (Å²) in [6, 6.07) is 8.51. The molecule has 2 N–H and O–H groups in total. The van der Waals surface area contributed by atoms with Crippen molar-refractivity contribution < 1.29 is 4.74 Å². The van der Waals surface area contributed by atoms with Crippen LogP contribution in [-0.2, 0) is 0 Å². The number of benzene rings is 1. The van der Waals surface area contributed by atoms with Crippen LogP contribution in [0, 0.1) is 11.3 Å². The zero-order chi connectivity index (χ0) is 14.9. The van der Waals surface area contributed by atoms with Gasteiger partial charge in [0.25, 0.3) is 0 Å². The van der Waals surface area contributed by atoms with Gasteiger partial charge in [0.1, 0.15) is 6.33 Å². The van der Waals surface area contributed by atoms with E-state index in [9.17, 15) is 0 Å². The highest BCUT2D eigenvalue weighted by Gasteiger charge is 2.58. The van der Waals surface area contributed by atoms with Gasteiger partial charge in [0, 0.05) is 10.8 Å². The molecule has 2 aromatic rings. The topological polar surface area (TPSA) is 61.0 Å². The Labute approximate surface area is 129 Å². The van der Waals surface area contributed by atoms with Crippen LogP contribution in [0.3, 0.4) is 0 Å². The molecule has 1 aliphatic carbocycles. The summed E-state index contributed by atoms with van der Waals surface area (Å²) in [4.78, 5) is 9.02. The fourth-order valence-corrected chi connectivity index (χ4v) is 3.31. The second-order valence-electron chi connectivity index (χ2n) is 5.98. The van der Waals surface area contributed by atoms with Gasteiger partial charge in [-0.2, -0.15) is 0 Å². The van der Waals surface area contributed by atoms with Crippen LogP contribution in [0.5, 0.6) is 5.75 Å². The average Bonchev–Trinajstić information content (AvgIpc) is 3.07. The van der Waals surface area contributed by atoms with Crippen molar-refractivity contribution in [2.45, 2.75) is 24.7 Å². The summed E-state index contributed by atoms with van der Waals surface area (Å²) in [5.41, 5.74) is 1.61. The molecule has 0 bridgehead atoms. The molecule has 3 rings (SSSR count). The Balaban J connectivity index is 1.66. The lowest BCUT2D eigenvalue weighted by Gasteiger charge is -2.05. The number of hydrogen-bond donors (Lipinski definition) is 1. The molecule has 1 fully saturated rings. The molecular weight excluding hydrogens is 282 g/mol. The highest BCUT2D eigenvalue weighted by Crippen LogP contribution is 2.64. The van der Waals surface area contributed by atoms with Gasteiger partial charge in [-0.1, -0.05) is 26.0 Å². The van der Waals surface area contributed by atoms with E-state index in [1.165, 1.54) is 23.8 Å². The van der Waals surface area contributed by atoms with Crippen LogP contribution in [0.2, 0.25) is 0 Å². The molecule has 5 heteroatoms. The first kappa shape index (κ1) is 14.4. The van der Waals surface area contributed by atoms with E-state index in [1.807, 2.05) is 0 Å². The first-order chi connectivity index (χ1) is 10.1. The minimum absolute atomic E-state index is 0.257. The summed E-state index contributed by atoms with van der Waals surface area (Å²) in [7, 11) is 0. The maximum absolute atomic E-state index is 5.81. The molecule has 2 atom stereocenters. The van der Waals surface area contributed by atoms with E-state index in [4.69, 9.17) is 9.88 Å². The van der Waals surface area contributed by atoms with Crippen molar-refractivity contribution in [3.05, 3.63) is 48.5 Å². The first-order valence-corrected chi connectivity index (χ1v) is 7.85. The minimum Gasteiger partial charge on any atom is -0.490 e. The van der Waals surface area contributed by atoms with Gasteiger partial charge in [-0.25, -0.2) is 9.97 Å². The Kier molecular flexibility index (Phi) is 3.87. The van der Waals surface area contributed by atoms with Crippen LogP contribution in [0.15, 0.2) is 47.9 Å². The fourth-order valence-electron chi connectivity index (χ4n) is 3.02. The zero-order valence-electron chi connectivity index (χ0n) is 12.2. The molecule has 0 amide bonds. The Hall–Kier alpha value is -1.59. The Morgan fingerprint density at radius 2 is 1.86 bits per heavy atom. The molecule has 1 heterocycles. The molecule has 0 radical (unpaired) electrons. The highest BCUT2D eigenvalue weighted by molar-refractivity contribution is 7.97. The van der Waals surface area contributed by atoms with Gasteiger partial charge in [-0.05, 0) is 41.0 Å². The smallest absolute Gasteiger partial charge is 0.155 e. The number of nitrogens with two attached hydrogens (primary N) is 1. The van der Waals surface area contributed by atoms with Gasteiger partial charge in [-0.3, -0.25) is 5.14 Å². The second kappa shape index (κ2) is 5.66. The summed E-state index contributed by atoms with van der Waals surface area (Å²) in [6.07, 6.45) is 4.91. The van der Waals surface area contributed by atoms with Crippen LogP contribution >= 0.6 is 11.9 Å². The van der Waals surface area contributed by atoms with Gasteiger partial charge >= 0.3 is 0 Å². The van der Waals surface area contributed by atoms with Crippen molar-refractivity contribution in [3.63, 3.8) is 0 Å². The quantitative estimate of drug-likeness (QED) is 0.859. The maximum Gasteiger partial charge on any atom is 0.155 e. The Morgan fingerprint density at radius 3 is 2.48 bits per heavy atom. The van der Waals surface area contributed by atoms with Crippen molar-refractivity contribution in [2.24, 2.45) is 16.5 Å². The minimum atomic E-state index is 0.257. The molecule has 110 valence electrons. The normalized spacial score (nSPS) is 22.8. The van der Waals surface area contributed by atoms with Crippen molar-refractivity contribution in [3.8, 4) is 5.75 Å². The second-order valence-corrected chi connectivity index (χ2v) is 6.68. The molecule has 1 aromatic carbocycles. The molecule has 1 aromatic heterocycles. The largest absolute Gasteiger partial charge is 0.490 e. The van der Waals surface area contributed by atoms with E-state index in [1.54, 1.807) is 12.4 Å². The lowest BCUT2D eigenvalue weighted by atomic mass is 10.0. The molecule has 4 nitrogen and oxygen atoms in total. The molecule has 0 saturated heterocycles. The molecule has 1 aliphatic rings. The number of nitrogens with zero attached hydrogens (tertiary/aromatic N) is 2. The number of ether oxygens (including phenoxy) is 1. The summed E-state index contributed by atoms with van der Waals surface area (Å²) >= 11 is 1.28. The third kappa shape index (κ3) is 2.89. The summed E-state index contributed by atoms with van der Waals surface area (Å²) < 4.78 is 5.81. The van der Waals surface area contributed by atoms with E-state index in [0.717, 1.165) is 10.6 Å². The Bertz CT molecular complexity index is 601. The average molecular weight is 301 g/mol. The SMILES string of the molecule is CC1(C)[C@@H](COc2cncnc2)[C@@H]1c1ccc(SN)cc1. The first-order valence-electron chi connectivity index (χ1n) is 6.97. The van der Waals surface area contributed by atoms with Crippen molar-refractivity contribution in [1.82, 2.24) is 9.97 Å². The van der Waals surface area contributed by atoms with Gasteiger partial charge in [0.05, 0.1) is 19.0 Å². The standard InChI is InChI=1S/C16H19N3OS/c1-16(2)14(9-20-12-7-18-10-19-8-12)15(16)11-3-5-13(21-17)6-4-11/h3-8,10,14-15H,9,17H2,1-2H3/t14-,15-/m0/s1. The third-order valence-corrected chi connectivity index (χ3v) is 4.94. The van der Waals surface area contributed by atoms with Crippen molar-refractivity contribution >= 4 is 11.9 Å².